The fourth-order valence-corrected chi connectivity index (χ4v) is 0.860. The van der Waals surface area contributed by atoms with Crippen molar-refractivity contribution in [1.82, 2.24) is 0 Å². The smallest absolute Gasteiger partial charge is 0.0793 e. The second-order valence-electron chi connectivity index (χ2n) is 2.29. The number of methoxy groups -OCH3 is 1. The maximum Gasteiger partial charge on any atom is 0.0793 e. The first-order chi connectivity index (χ1) is 4.84. The Labute approximate surface area is 61.6 Å². The normalized spacial score (nSPS) is 13.0. The first-order valence-electron chi connectivity index (χ1n) is 3.42. The molecular formula is C9H12O. The fraction of sp³-hybridized carbons (Fsp3) is 0.333. The van der Waals surface area contributed by atoms with Crippen LogP contribution in [0.15, 0.2) is 30.3 Å². The van der Waals surface area contributed by atoms with E-state index in [-0.39, 0.29) is 6.10 Å². The minimum absolute atomic E-state index is 0.209. The molecule has 10 heavy (non-hydrogen) atoms. The summed E-state index contributed by atoms with van der Waals surface area (Å²) in [6, 6.07) is 10.2. The monoisotopic (exact) mass is 136 g/mol. The van der Waals surface area contributed by atoms with E-state index in [2.05, 4.69) is 12.1 Å². The van der Waals surface area contributed by atoms with Crippen molar-refractivity contribution in [1.29, 1.82) is 0 Å². The van der Waals surface area contributed by atoms with Gasteiger partial charge in [-0.25, -0.2) is 0 Å². The van der Waals surface area contributed by atoms with Crippen LogP contribution in [0.1, 0.15) is 18.6 Å². The van der Waals surface area contributed by atoms with Crippen molar-refractivity contribution in [2.24, 2.45) is 0 Å². The van der Waals surface area contributed by atoms with Crippen LogP contribution in [0.4, 0.5) is 0 Å². The van der Waals surface area contributed by atoms with Crippen LogP contribution < -0.4 is 0 Å². The lowest BCUT2D eigenvalue weighted by Gasteiger charge is -2.07. The summed E-state index contributed by atoms with van der Waals surface area (Å²) in [5.41, 5.74) is 1.23. The van der Waals surface area contributed by atoms with E-state index in [0.29, 0.717) is 0 Å². The van der Waals surface area contributed by atoms with E-state index >= 15 is 0 Å². The van der Waals surface area contributed by atoms with Gasteiger partial charge in [0.05, 0.1) is 6.10 Å². The predicted octanol–water partition coefficient (Wildman–Crippen LogP) is 2.39. The zero-order chi connectivity index (χ0) is 7.40. The zero-order valence-corrected chi connectivity index (χ0v) is 6.37. The average molecular weight is 136 g/mol. The molecule has 0 aliphatic carbocycles. The second-order valence-corrected chi connectivity index (χ2v) is 2.29. The van der Waals surface area contributed by atoms with Crippen molar-refractivity contribution in [2.75, 3.05) is 7.11 Å². The van der Waals surface area contributed by atoms with Crippen molar-refractivity contribution in [3.05, 3.63) is 35.9 Å². The summed E-state index contributed by atoms with van der Waals surface area (Å²) in [5.74, 6) is 0. The predicted molar refractivity (Wildman–Crippen MR) is 41.9 cm³/mol. The molecule has 0 saturated heterocycles. The van der Waals surface area contributed by atoms with E-state index in [1.54, 1.807) is 7.11 Å². The van der Waals surface area contributed by atoms with Crippen LogP contribution in [0, 0.1) is 0 Å². The number of benzene rings is 1. The highest BCUT2D eigenvalue weighted by molar-refractivity contribution is 5.16. The highest BCUT2D eigenvalue weighted by atomic mass is 16.5. The summed E-state index contributed by atoms with van der Waals surface area (Å²) in [4.78, 5) is 0. The molecule has 0 saturated carbocycles. The molecule has 1 heteroatoms. The highest BCUT2D eigenvalue weighted by Crippen LogP contribution is 2.13. The Morgan fingerprint density at radius 3 is 2.30 bits per heavy atom. The van der Waals surface area contributed by atoms with Gasteiger partial charge in [-0.05, 0) is 12.5 Å². The fourth-order valence-electron chi connectivity index (χ4n) is 0.860. The van der Waals surface area contributed by atoms with Crippen molar-refractivity contribution in [2.45, 2.75) is 13.0 Å². The molecule has 0 aliphatic rings. The number of hydrogen-bond acceptors (Lipinski definition) is 1. The van der Waals surface area contributed by atoms with E-state index in [0.717, 1.165) is 0 Å². The molecule has 1 rings (SSSR count). The molecule has 0 bridgehead atoms. The van der Waals surface area contributed by atoms with Gasteiger partial charge in [0, 0.05) is 7.11 Å². The summed E-state index contributed by atoms with van der Waals surface area (Å²) >= 11 is 0. The van der Waals surface area contributed by atoms with Gasteiger partial charge in [0.1, 0.15) is 0 Å². The summed E-state index contributed by atoms with van der Waals surface area (Å²) in [6.07, 6.45) is 0.209. The van der Waals surface area contributed by atoms with E-state index in [1.165, 1.54) is 5.56 Å². The van der Waals surface area contributed by atoms with E-state index < -0.39 is 0 Å². The molecule has 0 fully saturated rings. The van der Waals surface area contributed by atoms with E-state index in [4.69, 9.17) is 4.74 Å². The maximum absolute atomic E-state index is 5.14. The Kier molecular flexibility index (Phi) is 2.46. The standard InChI is InChI=1S/C9H12O/c1-8(10-2)9-6-4-3-5-7-9/h3-8H,1-2H3/t8-/m1/s1. The zero-order valence-electron chi connectivity index (χ0n) is 6.37. The third-order valence-electron chi connectivity index (χ3n) is 1.62. The topological polar surface area (TPSA) is 9.23 Å². The molecule has 0 unspecified atom stereocenters. The summed E-state index contributed by atoms with van der Waals surface area (Å²) in [6.45, 7) is 2.04. The van der Waals surface area contributed by atoms with Crippen LogP contribution in [-0.4, -0.2) is 7.11 Å². The minimum atomic E-state index is 0.209. The van der Waals surface area contributed by atoms with Gasteiger partial charge in [-0.15, -0.1) is 0 Å². The van der Waals surface area contributed by atoms with Crippen molar-refractivity contribution in [3.8, 4) is 0 Å². The molecular weight excluding hydrogens is 124 g/mol. The van der Waals surface area contributed by atoms with Crippen LogP contribution in [0.2, 0.25) is 0 Å². The van der Waals surface area contributed by atoms with Gasteiger partial charge in [0.15, 0.2) is 0 Å². The molecule has 1 aromatic carbocycles. The van der Waals surface area contributed by atoms with E-state index in [9.17, 15) is 0 Å². The Morgan fingerprint density at radius 2 is 1.80 bits per heavy atom. The molecule has 0 spiro atoms. The van der Waals surface area contributed by atoms with Crippen molar-refractivity contribution < 1.29 is 4.74 Å². The molecule has 1 aromatic rings. The molecule has 0 aliphatic heterocycles. The molecule has 0 radical (unpaired) electrons. The largest absolute Gasteiger partial charge is 0.377 e. The lowest BCUT2D eigenvalue weighted by molar-refractivity contribution is 0.119. The number of hydrogen-bond donors (Lipinski definition) is 0. The third kappa shape index (κ3) is 1.58. The van der Waals surface area contributed by atoms with Crippen LogP contribution in [0.5, 0.6) is 0 Å². The molecule has 0 N–H and O–H groups in total. The van der Waals surface area contributed by atoms with Gasteiger partial charge < -0.3 is 4.74 Å². The Morgan fingerprint density at radius 1 is 1.20 bits per heavy atom. The van der Waals surface area contributed by atoms with E-state index in [1.807, 2.05) is 25.1 Å². The Hall–Kier alpha value is -0.820. The van der Waals surface area contributed by atoms with Gasteiger partial charge in [-0.1, -0.05) is 30.3 Å². The molecule has 0 heterocycles. The first-order valence-corrected chi connectivity index (χ1v) is 3.42. The summed E-state index contributed by atoms with van der Waals surface area (Å²) in [5, 5.41) is 0. The lowest BCUT2D eigenvalue weighted by atomic mass is 10.1. The molecule has 0 amide bonds. The third-order valence-corrected chi connectivity index (χ3v) is 1.62. The van der Waals surface area contributed by atoms with Gasteiger partial charge in [-0.3, -0.25) is 0 Å². The molecule has 54 valence electrons. The summed E-state index contributed by atoms with van der Waals surface area (Å²) in [7, 11) is 1.72. The number of rotatable bonds is 2. The van der Waals surface area contributed by atoms with Gasteiger partial charge >= 0.3 is 0 Å². The molecule has 0 aromatic heterocycles. The van der Waals surface area contributed by atoms with Gasteiger partial charge in [0.25, 0.3) is 0 Å². The lowest BCUT2D eigenvalue weighted by Crippen LogP contribution is -1.93. The quantitative estimate of drug-likeness (QED) is 0.606. The molecule has 1 nitrogen and oxygen atoms in total. The summed E-state index contributed by atoms with van der Waals surface area (Å²) < 4.78 is 5.14. The van der Waals surface area contributed by atoms with Crippen molar-refractivity contribution in [3.63, 3.8) is 0 Å². The van der Waals surface area contributed by atoms with Crippen LogP contribution in [0.3, 0.4) is 0 Å². The number of ether oxygens (including phenoxy) is 1. The van der Waals surface area contributed by atoms with Gasteiger partial charge in [0.2, 0.25) is 0 Å². The van der Waals surface area contributed by atoms with Crippen molar-refractivity contribution >= 4 is 0 Å². The van der Waals surface area contributed by atoms with Crippen LogP contribution in [-0.2, 0) is 4.74 Å². The average Bonchev–Trinajstić information content (AvgIpc) is 2.05. The van der Waals surface area contributed by atoms with Crippen LogP contribution >= 0.6 is 0 Å². The second kappa shape index (κ2) is 3.37. The Bertz CT molecular complexity index is 181. The first kappa shape index (κ1) is 7.29. The highest BCUT2D eigenvalue weighted by Gasteiger charge is 1.99. The SMILES string of the molecule is CO[C@H](C)c1ccccc1. The van der Waals surface area contributed by atoms with Gasteiger partial charge in [-0.2, -0.15) is 0 Å². The van der Waals surface area contributed by atoms with Crippen LogP contribution in [0.25, 0.3) is 0 Å². The maximum atomic E-state index is 5.14. The molecule has 1 atom stereocenters. The minimum Gasteiger partial charge on any atom is -0.377 e. The Balaban J connectivity index is 2.75.